The van der Waals surface area contributed by atoms with Crippen LogP contribution in [0.5, 0.6) is 0 Å². The minimum absolute atomic E-state index is 0.0444. The summed E-state index contributed by atoms with van der Waals surface area (Å²) < 4.78 is 0. The van der Waals surface area contributed by atoms with Gasteiger partial charge in [-0.1, -0.05) is 19.3 Å². The Kier molecular flexibility index (Phi) is 4.83. The van der Waals surface area contributed by atoms with Crippen molar-refractivity contribution in [1.82, 2.24) is 9.97 Å². The van der Waals surface area contributed by atoms with Crippen LogP contribution in [0, 0.1) is 5.41 Å². The quantitative estimate of drug-likeness (QED) is 0.634. The minimum Gasteiger partial charge on any atom is -0.396 e. The average molecular weight is 267 g/mol. The molecule has 2 rings (SSSR count). The summed E-state index contributed by atoms with van der Waals surface area (Å²) in [6.45, 7) is 1.06. The Morgan fingerprint density at radius 3 is 2.78 bits per heavy atom. The first kappa shape index (κ1) is 13.6. The lowest BCUT2D eigenvalue weighted by Crippen LogP contribution is -2.35. The van der Waals surface area contributed by atoms with Crippen molar-refractivity contribution in [2.45, 2.75) is 37.1 Å². The lowest BCUT2D eigenvalue weighted by atomic mass is 9.74. The van der Waals surface area contributed by atoms with Crippen LogP contribution < -0.4 is 5.32 Å². The molecule has 5 heteroatoms. The van der Waals surface area contributed by atoms with E-state index in [9.17, 15) is 5.11 Å². The van der Waals surface area contributed by atoms with E-state index in [4.69, 9.17) is 0 Å². The van der Waals surface area contributed by atoms with Crippen LogP contribution in [0.25, 0.3) is 0 Å². The highest BCUT2D eigenvalue weighted by Gasteiger charge is 2.31. The van der Waals surface area contributed by atoms with E-state index in [1.165, 1.54) is 19.3 Å². The van der Waals surface area contributed by atoms with E-state index in [2.05, 4.69) is 15.3 Å². The van der Waals surface area contributed by atoms with E-state index in [0.29, 0.717) is 0 Å². The maximum Gasteiger partial charge on any atom is 0.130 e. The number of anilines is 1. The van der Waals surface area contributed by atoms with E-state index in [-0.39, 0.29) is 12.0 Å². The third-order valence-electron chi connectivity index (χ3n) is 3.75. The van der Waals surface area contributed by atoms with Gasteiger partial charge in [-0.15, -0.1) is 11.8 Å². The van der Waals surface area contributed by atoms with Crippen molar-refractivity contribution in [2.24, 2.45) is 5.41 Å². The second-order valence-corrected chi connectivity index (χ2v) is 5.84. The zero-order valence-corrected chi connectivity index (χ0v) is 11.7. The van der Waals surface area contributed by atoms with Gasteiger partial charge in [0.25, 0.3) is 0 Å². The number of aliphatic hydroxyl groups is 1. The molecule has 1 aromatic rings. The predicted molar refractivity (Wildman–Crippen MR) is 74.9 cm³/mol. The van der Waals surface area contributed by atoms with Gasteiger partial charge in [0.05, 0.1) is 6.61 Å². The van der Waals surface area contributed by atoms with Crippen LogP contribution >= 0.6 is 11.8 Å². The van der Waals surface area contributed by atoms with Crippen molar-refractivity contribution in [3.05, 3.63) is 12.4 Å². The first-order valence-corrected chi connectivity index (χ1v) is 7.71. The number of nitrogens with zero attached hydrogens (tertiary/aromatic N) is 2. The van der Waals surface area contributed by atoms with Gasteiger partial charge in [-0.05, 0) is 19.1 Å². The van der Waals surface area contributed by atoms with Crippen molar-refractivity contribution < 1.29 is 5.11 Å². The van der Waals surface area contributed by atoms with Crippen LogP contribution in [0.2, 0.25) is 0 Å². The van der Waals surface area contributed by atoms with E-state index in [0.717, 1.165) is 30.2 Å². The number of aliphatic hydroxyl groups excluding tert-OH is 1. The molecule has 0 unspecified atom stereocenters. The summed E-state index contributed by atoms with van der Waals surface area (Å²) in [6, 6.07) is 1.96. The number of hydrogen-bond donors (Lipinski definition) is 2. The molecule has 0 spiro atoms. The van der Waals surface area contributed by atoms with Crippen molar-refractivity contribution in [3.63, 3.8) is 0 Å². The summed E-state index contributed by atoms with van der Waals surface area (Å²) in [5.41, 5.74) is 0.0444. The first-order chi connectivity index (χ1) is 8.78. The Morgan fingerprint density at radius 2 is 2.11 bits per heavy atom. The predicted octanol–water partition coefficient (Wildman–Crippen LogP) is 2.55. The highest BCUT2D eigenvalue weighted by molar-refractivity contribution is 7.98. The maximum atomic E-state index is 9.64. The molecule has 0 amide bonds. The van der Waals surface area contributed by atoms with Gasteiger partial charge >= 0.3 is 0 Å². The van der Waals surface area contributed by atoms with Gasteiger partial charge in [0.15, 0.2) is 0 Å². The van der Waals surface area contributed by atoms with Crippen LogP contribution in [0.15, 0.2) is 17.4 Å². The van der Waals surface area contributed by atoms with Crippen LogP contribution in [-0.4, -0.2) is 34.5 Å². The van der Waals surface area contributed by atoms with Crippen molar-refractivity contribution in [3.8, 4) is 0 Å². The molecule has 0 saturated heterocycles. The van der Waals surface area contributed by atoms with Gasteiger partial charge < -0.3 is 10.4 Å². The number of nitrogens with one attached hydrogen (secondary N) is 1. The molecule has 4 nitrogen and oxygen atoms in total. The zero-order chi connectivity index (χ0) is 12.8. The van der Waals surface area contributed by atoms with Crippen LogP contribution in [-0.2, 0) is 0 Å². The van der Waals surface area contributed by atoms with E-state index < -0.39 is 0 Å². The van der Waals surface area contributed by atoms with Gasteiger partial charge in [-0.3, -0.25) is 0 Å². The summed E-state index contributed by atoms with van der Waals surface area (Å²) >= 11 is 1.61. The van der Waals surface area contributed by atoms with Gasteiger partial charge in [-0.25, -0.2) is 9.97 Å². The number of rotatable bonds is 5. The fourth-order valence-electron chi connectivity index (χ4n) is 2.52. The fraction of sp³-hybridized carbons (Fsp3) is 0.692. The Bertz CT molecular complexity index is 380. The largest absolute Gasteiger partial charge is 0.396 e. The highest BCUT2D eigenvalue weighted by atomic mass is 32.2. The molecular weight excluding hydrogens is 246 g/mol. The fourth-order valence-corrected chi connectivity index (χ4v) is 2.90. The van der Waals surface area contributed by atoms with E-state index >= 15 is 0 Å². The number of hydrogen-bond acceptors (Lipinski definition) is 5. The van der Waals surface area contributed by atoms with Crippen LogP contribution in [0.4, 0.5) is 5.82 Å². The van der Waals surface area contributed by atoms with Crippen LogP contribution in [0.1, 0.15) is 32.1 Å². The molecule has 2 N–H and O–H groups in total. The molecule has 1 fully saturated rings. The lowest BCUT2D eigenvalue weighted by Gasteiger charge is -2.35. The molecule has 1 aromatic heterocycles. The molecule has 1 heterocycles. The van der Waals surface area contributed by atoms with Crippen molar-refractivity contribution in [2.75, 3.05) is 24.7 Å². The van der Waals surface area contributed by atoms with E-state index in [1.54, 1.807) is 18.1 Å². The molecular formula is C13H21N3OS. The summed E-state index contributed by atoms with van der Waals surface area (Å²) in [5.74, 6) is 0.854. The topological polar surface area (TPSA) is 58.0 Å². The third-order valence-corrected chi connectivity index (χ3v) is 4.39. The summed E-state index contributed by atoms with van der Waals surface area (Å²) in [6.07, 6.45) is 9.55. The second-order valence-electron chi connectivity index (χ2n) is 5.02. The zero-order valence-electron chi connectivity index (χ0n) is 10.9. The Morgan fingerprint density at radius 1 is 1.33 bits per heavy atom. The Hall–Kier alpha value is -0.810. The maximum absolute atomic E-state index is 9.64. The summed E-state index contributed by atoms with van der Waals surface area (Å²) in [4.78, 5) is 8.37. The molecule has 0 radical (unpaired) electrons. The molecule has 0 atom stereocenters. The highest BCUT2D eigenvalue weighted by Crippen LogP contribution is 2.35. The summed E-state index contributed by atoms with van der Waals surface area (Å²) in [5, 5.41) is 14.0. The number of aromatic nitrogens is 2. The molecule has 0 aliphatic heterocycles. The Labute approximate surface area is 113 Å². The van der Waals surface area contributed by atoms with E-state index in [1.807, 2.05) is 12.3 Å². The molecule has 100 valence electrons. The third kappa shape index (κ3) is 3.36. The molecule has 1 aliphatic rings. The summed E-state index contributed by atoms with van der Waals surface area (Å²) in [7, 11) is 0. The standard InChI is InChI=1S/C13H21N3OS/c1-18-12-7-11(15-10-16-12)14-8-13(9-17)5-3-2-4-6-13/h7,10,17H,2-6,8-9H2,1H3,(H,14,15,16). The molecule has 1 saturated carbocycles. The van der Waals surface area contributed by atoms with Crippen LogP contribution in [0.3, 0.4) is 0 Å². The number of thioether (sulfide) groups is 1. The first-order valence-electron chi connectivity index (χ1n) is 6.49. The normalized spacial score (nSPS) is 18.6. The van der Waals surface area contributed by atoms with Gasteiger partial charge in [0, 0.05) is 18.0 Å². The average Bonchev–Trinajstić information content (AvgIpc) is 2.46. The lowest BCUT2D eigenvalue weighted by molar-refractivity contribution is 0.0943. The molecule has 0 bridgehead atoms. The van der Waals surface area contributed by atoms with Crippen molar-refractivity contribution >= 4 is 17.6 Å². The SMILES string of the molecule is CSc1cc(NCC2(CO)CCCCC2)ncn1. The molecule has 1 aliphatic carbocycles. The smallest absolute Gasteiger partial charge is 0.130 e. The van der Waals surface area contributed by atoms with Gasteiger partial charge in [-0.2, -0.15) is 0 Å². The minimum atomic E-state index is 0.0444. The molecule has 18 heavy (non-hydrogen) atoms. The van der Waals surface area contributed by atoms with Gasteiger partial charge in [0.2, 0.25) is 0 Å². The second kappa shape index (κ2) is 6.38. The Balaban J connectivity index is 1.96. The van der Waals surface area contributed by atoms with Crippen molar-refractivity contribution in [1.29, 1.82) is 0 Å². The monoisotopic (exact) mass is 267 g/mol. The van der Waals surface area contributed by atoms with Gasteiger partial charge in [0.1, 0.15) is 17.2 Å². The molecule has 0 aromatic carbocycles.